The molecular formula is C17H15FN2O3. The third kappa shape index (κ3) is 1.91. The number of allylic oxidation sites excluding steroid dienone is 1. The van der Waals surface area contributed by atoms with Crippen molar-refractivity contribution in [3.8, 4) is 0 Å². The molecule has 3 aliphatic rings. The number of aliphatic imine (C=N–C) groups is 1. The van der Waals surface area contributed by atoms with Gasteiger partial charge in [-0.05, 0) is 49.8 Å². The molecule has 6 heteroatoms. The van der Waals surface area contributed by atoms with Gasteiger partial charge in [-0.1, -0.05) is 0 Å². The van der Waals surface area contributed by atoms with Crippen molar-refractivity contribution in [2.45, 2.75) is 31.6 Å². The SMILES string of the molecule is CC1=C[C@]2(C)O[C@@H]3C(=O)N(c4ccc(F)cc4)C(=O)[C@@H]3[C@@H]2N=C1. The number of hydrogen-bond acceptors (Lipinski definition) is 4. The topological polar surface area (TPSA) is 59.0 Å². The summed E-state index contributed by atoms with van der Waals surface area (Å²) >= 11 is 0. The first-order chi connectivity index (χ1) is 10.9. The average molecular weight is 314 g/mol. The van der Waals surface area contributed by atoms with E-state index in [1.165, 1.54) is 24.3 Å². The fraction of sp³-hybridized carbons (Fsp3) is 0.353. The normalized spacial score (nSPS) is 35.3. The minimum Gasteiger partial charge on any atom is -0.355 e. The monoisotopic (exact) mass is 314 g/mol. The molecule has 5 nitrogen and oxygen atoms in total. The van der Waals surface area contributed by atoms with E-state index in [0.717, 1.165) is 10.5 Å². The van der Waals surface area contributed by atoms with Crippen molar-refractivity contribution in [2.24, 2.45) is 10.9 Å². The molecule has 4 atom stereocenters. The molecular weight excluding hydrogens is 299 g/mol. The minimum absolute atomic E-state index is 0.342. The van der Waals surface area contributed by atoms with Crippen LogP contribution in [0, 0.1) is 11.7 Å². The summed E-state index contributed by atoms with van der Waals surface area (Å²) in [4.78, 5) is 31.0. The Labute approximate surface area is 132 Å². The summed E-state index contributed by atoms with van der Waals surface area (Å²) in [6, 6.07) is 4.86. The summed E-state index contributed by atoms with van der Waals surface area (Å²) in [5.74, 6) is -1.82. The standard InChI is InChI=1S/C17H15FN2O3/c1-9-7-17(2)14(19-8-9)12-13(23-17)16(22)20(15(12)21)11-5-3-10(18)4-6-11/h3-8,12-14H,1-2H3/t12-,13-,14-,17-/m0/s1. The third-order valence-corrected chi connectivity index (χ3v) is 4.64. The maximum absolute atomic E-state index is 13.1. The fourth-order valence-corrected chi connectivity index (χ4v) is 3.68. The number of imide groups is 1. The Bertz CT molecular complexity index is 771. The summed E-state index contributed by atoms with van der Waals surface area (Å²) in [6.07, 6.45) is 2.77. The number of benzene rings is 1. The average Bonchev–Trinajstić information content (AvgIpc) is 2.92. The number of hydrogen-bond donors (Lipinski definition) is 0. The highest BCUT2D eigenvalue weighted by molar-refractivity contribution is 6.23. The van der Waals surface area contributed by atoms with Crippen LogP contribution in [0.5, 0.6) is 0 Å². The summed E-state index contributed by atoms with van der Waals surface area (Å²) in [7, 11) is 0. The van der Waals surface area contributed by atoms with Gasteiger partial charge in [0.2, 0.25) is 5.91 Å². The molecule has 2 amide bonds. The van der Waals surface area contributed by atoms with E-state index < -0.39 is 35.4 Å². The Morgan fingerprint density at radius 2 is 1.91 bits per heavy atom. The maximum Gasteiger partial charge on any atom is 0.263 e. The lowest BCUT2D eigenvalue weighted by atomic mass is 9.85. The van der Waals surface area contributed by atoms with Crippen molar-refractivity contribution in [3.63, 3.8) is 0 Å². The fourth-order valence-electron chi connectivity index (χ4n) is 3.68. The predicted molar refractivity (Wildman–Crippen MR) is 81.7 cm³/mol. The van der Waals surface area contributed by atoms with Crippen molar-refractivity contribution >= 4 is 23.7 Å². The minimum atomic E-state index is -0.846. The van der Waals surface area contributed by atoms with Gasteiger partial charge in [0.05, 0.1) is 17.6 Å². The number of nitrogens with zero attached hydrogens (tertiary/aromatic N) is 2. The molecule has 118 valence electrons. The Balaban J connectivity index is 1.72. The lowest BCUT2D eigenvalue weighted by molar-refractivity contribution is -0.130. The van der Waals surface area contributed by atoms with E-state index >= 15 is 0 Å². The van der Waals surface area contributed by atoms with Crippen LogP contribution in [-0.2, 0) is 14.3 Å². The van der Waals surface area contributed by atoms with E-state index in [1.807, 2.05) is 19.9 Å². The molecule has 1 aromatic carbocycles. The highest BCUT2D eigenvalue weighted by Crippen LogP contribution is 2.46. The van der Waals surface area contributed by atoms with E-state index in [0.29, 0.717) is 5.69 Å². The van der Waals surface area contributed by atoms with Gasteiger partial charge in [-0.15, -0.1) is 0 Å². The van der Waals surface area contributed by atoms with Gasteiger partial charge < -0.3 is 4.74 Å². The van der Waals surface area contributed by atoms with Crippen LogP contribution >= 0.6 is 0 Å². The van der Waals surface area contributed by atoms with Gasteiger partial charge in [0, 0.05) is 6.21 Å². The zero-order chi connectivity index (χ0) is 16.4. The van der Waals surface area contributed by atoms with Gasteiger partial charge in [0.15, 0.2) is 6.10 Å². The molecule has 0 N–H and O–H groups in total. The first-order valence-electron chi connectivity index (χ1n) is 7.44. The molecule has 3 aliphatic heterocycles. The zero-order valence-electron chi connectivity index (χ0n) is 12.7. The molecule has 0 aromatic heterocycles. The quantitative estimate of drug-likeness (QED) is 0.744. The number of carbonyl (C=O) groups is 2. The van der Waals surface area contributed by atoms with Gasteiger partial charge in [-0.3, -0.25) is 14.6 Å². The van der Waals surface area contributed by atoms with Crippen LogP contribution in [0.15, 0.2) is 40.9 Å². The molecule has 0 radical (unpaired) electrons. The van der Waals surface area contributed by atoms with Crippen molar-refractivity contribution in [1.29, 1.82) is 0 Å². The van der Waals surface area contributed by atoms with Gasteiger partial charge in [0.1, 0.15) is 11.4 Å². The summed E-state index contributed by atoms with van der Waals surface area (Å²) in [5.41, 5.74) is 0.556. The van der Waals surface area contributed by atoms with E-state index in [1.54, 1.807) is 6.21 Å². The van der Waals surface area contributed by atoms with Gasteiger partial charge in [0.25, 0.3) is 5.91 Å². The highest BCUT2D eigenvalue weighted by Gasteiger charge is 2.63. The number of amides is 2. The number of dihydropyridines is 1. The van der Waals surface area contributed by atoms with E-state index in [2.05, 4.69) is 4.99 Å². The molecule has 0 saturated carbocycles. The Morgan fingerprint density at radius 1 is 1.22 bits per heavy atom. The van der Waals surface area contributed by atoms with Crippen molar-refractivity contribution in [1.82, 2.24) is 0 Å². The van der Waals surface area contributed by atoms with Crippen LogP contribution in [0.25, 0.3) is 0 Å². The lowest BCUT2D eigenvalue weighted by Crippen LogP contribution is -2.43. The molecule has 0 unspecified atom stereocenters. The van der Waals surface area contributed by atoms with Crippen molar-refractivity contribution in [3.05, 3.63) is 41.7 Å². The Hall–Kier alpha value is -2.34. The molecule has 3 heterocycles. The number of fused-ring (bicyclic) bond motifs is 3. The number of carbonyl (C=O) groups excluding carboxylic acids is 2. The molecule has 2 saturated heterocycles. The summed E-state index contributed by atoms with van der Waals surface area (Å²) < 4.78 is 19.0. The van der Waals surface area contributed by atoms with Crippen LogP contribution in [0.1, 0.15) is 13.8 Å². The highest BCUT2D eigenvalue weighted by atomic mass is 19.1. The maximum atomic E-state index is 13.1. The number of anilines is 1. The van der Waals surface area contributed by atoms with E-state index in [9.17, 15) is 14.0 Å². The van der Waals surface area contributed by atoms with Gasteiger partial charge >= 0.3 is 0 Å². The molecule has 1 aromatic rings. The second-order valence-electron chi connectivity index (χ2n) is 6.35. The second-order valence-corrected chi connectivity index (χ2v) is 6.35. The molecule has 2 fully saturated rings. The van der Waals surface area contributed by atoms with Crippen LogP contribution < -0.4 is 4.90 Å². The van der Waals surface area contributed by atoms with E-state index in [-0.39, 0.29) is 5.91 Å². The van der Waals surface area contributed by atoms with Crippen molar-refractivity contribution < 1.29 is 18.7 Å². The summed E-state index contributed by atoms with van der Waals surface area (Å²) in [5, 5.41) is 0. The molecule has 0 bridgehead atoms. The van der Waals surface area contributed by atoms with Crippen LogP contribution in [0.2, 0.25) is 0 Å². The zero-order valence-corrected chi connectivity index (χ0v) is 12.7. The first-order valence-corrected chi connectivity index (χ1v) is 7.44. The van der Waals surface area contributed by atoms with E-state index in [4.69, 9.17) is 4.74 Å². The molecule has 0 aliphatic carbocycles. The van der Waals surface area contributed by atoms with Crippen LogP contribution in [-0.4, -0.2) is 35.8 Å². The largest absolute Gasteiger partial charge is 0.355 e. The number of rotatable bonds is 1. The first kappa shape index (κ1) is 14.3. The Morgan fingerprint density at radius 3 is 2.61 bits per heavy atom. The smallest absolute Gasteiger partial charge is 0.263 e. The predicted octanol–water partition coefficient (Wildman–Crippen LogP) is 1.87. The van der Waals surface area contributed by atoms with Crippen LogP contribution in [0.3, 0.4) is 0 Å². The molecule has 0 spiro atoms. The third-order valence-electron chi connectivity index (χ3n) is 4.64. The Kier molecular flexibility index (Phi) is 2.84. The molecule has 4 rings (SSSR count). The van der Waals surface area contributed by atoms with Crippen LogP contribution in [0.4, 0.5) is 10.1 Å². The molecule has 23 heavy (non-hydrogen) atoms. The van der Waals surface area contributed by atoms with Crippen molar-refractivity contribution in [2.75, 3.05) is 4.90 Å². The summed E-state index contributed by atoms with van der Waals surface area (Å²) in [6.45, 7) is 3.75. The number of ether oxygens (including phenoxy) is 1. The second kappa shape index (κ2) is 4.58. The van der Waals surface area contributed by atoms with Gasteiger partial charge in [-0.25, -0.2) is 9.29 Å². The lowest BCUT2D eigenvalue weighted by Gasteiger charge is -2.30. The van der Waals surface area contributed by atoms with Gasteiger partial charge in [-0.2, -0.15) is 0 Å². The number of halogens is 1.